The van der Waals surface area contributed by atoms with E-state index in [0.717, 1.165) is 19.3 Å². The Balaban J connectivity index is 2.13. The maximum atomic E-state index is 12.1. The molecule has 1 heterocycles. The van der Waals surface area contributed by atoms with Crippen molar-refractivity contribution in [3.05, 3.63) is 17.3 Å². The molecule has 0 saturated heterocycles. The van der Waals surface area contributed by atoms with E-state index in [1.54, 1.807) is 7.05 Å². The molecule has 106 valence electrons. The largest absolute Gasteiger partial charge is 0.372 e. The first kappa shape index (κ1) is 14.6. The van der Waals surface area contributed by atoms with Crippen LogP contribution in [-0.2, 0) is 10.0 Å². The van der Waals surface area contributed by atoms with Crippen LogP contribution in [0.1, 0.15) is 26.2 Å². The molecule has 19 heavy (non-hydrogen) atoms. The number of nitrogens with one attached hydrogen (secondary N) is 2. The molecular formula is C12H18ClN3O2S. The zero-order valence-electron chi connectivity index (χ0n) is 11.0. The lowest BCUT2D eigenvalue weighted by Crippen LogP contribution is -2.30. The summed E-state index contributed by atoms with van der Waals surface area (Å²) in [5.41, 5.74) is 0.162. The van der Waals surface area contributed by atoms with E-state index in [1.807, 2.05) is 0 Å². The molecule has 0 atom stereocenters. The van der Waals surface area contributed by atoms with Gasteiger partial charge in [0.25, 0.3) is 0 Å². The molecule has 0 aliphatic heterocycles. The first-order chi connectivity index (χ1) is 8.92. The predicted octanol–water partition coefficient (Wildman–Crippen LogP) is 2.25. The van der Waals surface area contributed by atoms with Crippen LogP contribution in [0, 0.1) is 5.41 Å². The second kappa shape index (κ2) is 5.26. The maximum absolute atomic E-state index is 12.1. The number of halogens is 1. The van der Waals surface area contributed by atoms with E-state index in [4.69, 9.17) is 11.6 Å². The van der Waals surface area contributed by atoms with E-state index >= 15 is 0 Å². The highest BCUT2D eigenvalue weighted by molar-refractivity contribution is 7.89. The summed E-state index contributed by atoms with van der Waals surface area (Å²) in [6.45, 7) is 2.57. The van der Waals surface area contributed by atoms with Crippen molar-refractivity contribution in [2.75, 3.05) is 18.9 Å². The quantitative estimate of drug-likeness (QED) is 0.845. The fourth-order valence-electron chi connectivity index (χ4n) is 1.91. The van der Waals surface area contributed by atoms with Crippen LogP contribution in [0.2, 0.25) is 5.02 Å². The summed E-state index contributed by atoms with van der Waals surface area (Å²) >= 11 is 5.95. The second-order valence-electron chi connectivity index (χ2n) is 4.93. The van der Waals surface area contributed by atoms with Gasteiger partial charge in [0.1, 0.15) is 10.7 Å². The maximum Gasteiger partial charge on any atom is 0.242 e. The van der Waals surface area contributed by atoms with Crippen LogP contribution in [0.15, 0.2) is 17.2 Å². The standard InChI is InChI=1S/C12H18ClN3O2S/c1-3-12(4-5-12)8-16-19(17,18)9-6-10(13)11(14-2)15-7-9/h6-7,16H,3-5,8H2,1-2H3,(H,14,15). The zero-order chi connectivity index (χ0) is 14.1. The number of anilines is 1. The van der Waals surface area contributed by atoms with Gasteiger partial charge in [0.15, 0.2) is 0 Å². The lowest BCUT2D eigenvalue weighted by Gasteiger charge is -2.14. The number of hydrogen-bond acceptors (Lipinski definition) is 4. The van der Waals surface area contributed by atoms with E-state index in [1.165, 1.54) is 12.3 Å². The van der Waals surface area contributed by atoms with Crippen molar-refractivity contribution in [3.63, 3.8) is 0 Å². The van der Waals surface area contributed by atoms with Gasteiger partial charge >= 0.3 is 0 Å². The van der Waals surface area contributed by atoms with Crippen molar-refractivity contribution < 1.29 is 8.42 Å². The molecule has 1 aromatic rings. The Morgan fingerprint density at radius 3 is 2.63 bits per heavy atom. The number of hydrogen-bond donors (Lipinski definition) is 2. The number of nitrogens with zero attached hydrogens (tertiary/aromatic N) is 1. The van der Waals surface area contributed by atoms with Gasteiger partial charge in [-0.3, -0.25) is 0 Å². The number of rotatable bonds is 6. The molecule has 1 fully saturated rings. The first-order valence-electron chi connectivity index (χ1n) is 6.25. The number of pyridine rings is 1. The van der Waals surface area contributed by atoms with Crippen LogP contribution in [-0.4, -0.2) is 27.0 Å². The van der Waals surface area contributed by atoms with Crippen molar-refractivity contribution in [1.82, 2.24) is 9.71 Å². The minimum Gasteiger partial charge on any atom is -0.372 e. The predicted molar refractivity (Wildman–Crippen MR) is 75.9 cm³/mol. The summed E-state index contributed by atoms with van der Waals surface area (Å²) in [7, 11) is -1.86. The van der Waals surface area contributed by atoms with E-state index in [9.17, 15) is 8.42 Å². The molecule has 0 amide bonds. The highest BCUT2D eigenvalue weighted by Gasteiger charge is 2.41. The Labute approximate surface area is 118 Å². The van der Waals surface area contributed by atoms with Crippen LogP contribution in [0.4, 0.5) is 5.82 Å². The van der Waals surface area contributed by atoms with Gasteiger partial charge in [-0.1, -0.05) is 18.5 Å². The van der Waals surface area contributed by atoms with Crippen LogP contribution in [0.3, 0.4) is 0 Å². The van der Waals surface area contributed by atoms with Gasteiger partial charge in [0.2, 0.25) is 10.0 Å². The Morgan fingerprint density at radius 1 is 1.47 bits per heavy atom. The summed E-state index contributed by atoms with van der Waals surface area (Å²) in [5, 5.41) is 3.08. The van der Waals surface area contributed by atoms with Crippen molar-refractivity contribution in [2.24, 2.45) is 5.41 Å². The molecule has 0 bridgehead atoms. The minimum absolute atomic E-state index is 0.100. The molecule has 0 radical (unpaired) electrons. The summed E-state index contributed by atoms with van der Waals surface area (Å²) in [6.07, 6.45) is 4.48. The average molecular weight is 304 g/mol. The third kappa shape index (κ3) is 3.19. The lowest BCUT2D eigenvalue weighted by atomic mass is 10.1. The van der Waals surface area contributed by atoms with Gasteiger partial charge in [-0.25, -0.2) is 18.1 Å². The van der Waals surface area contributed by atoms with Crippen LogP contribution < -0.4 is 10.0 Å². The summed E-state index contributed by atoms with van der Waals surface area (Å²) in [5.74, 6) is 0.466. The van der Waals surface area contributed by atoms with Gasteiger partial charge < -0.3 is 5.32 Å². The molecule has 1 aliphatic carbocycles. The summed E-state index contributed by atoms with van der Waals surface area (Å²) < 4.78 is 26.9. The molecule has 5 nitrogen and oxygen atoms in total. The highest BCUT2D eigenvalue weighted by atomic mass is 35.5. The molecule has 2 rings (SSSR count). The fourth-order valence-corrected chi connectivity index (χ4v) is 3.37. The summed E-state index contributed by atoms with van der Waals surface area (Å²) in [6, 6.07) is 1.41. The van der Waals surface area contributed by atoms with Crippen molar-refractivity contribution in [2.45, 2.75) is 31.1 Å². The second-order valence-corrected chi connectivity index (χ2v) is 7.10. The van der Waals surface area contributed by atoms with Crippen molar-refractivity contribution in [3.8, 4) is 0 Å². The monoisotopic (exact) mass is 303 g/mol. The highest BCUT2D eigenvalue weighted by Crippen LogP contribution is 2.48. The molecule has 0 unspecified atom stereocenters. The summed E-state index contributed by atoms with van der Waals surface area (Å²) in [4.78, 5) is 4.08. The van der Waals surface area contributed by atoms with Crippen molar-refractivity contribution in [1.29, 1.82) is 0 Å². The first-order valence-corrected chi connectivity index (χ1v) is 8.11. The minimum atomic E-state index is -3.54. The fraction of sp³-hybridized carbons (Fsp3) is 0.583. The molecule has 0 aromatic carbocycles. The van der Waals surface area contributed by atoms with Gasteiger partial charge in [-0.05, 0) is 30.7 Å². The number of aromatic nitrogens is 1. The molecule has 0 spiro atoms. The van der Waals surface area contributed by atoms with E-state index in [0.29, 0.717) is 17.4 Å². The van der Waals surface area contributed by atoms with Crippen LogP contribution in [0.5, 0.6) is 0 Å². The smallest absolute Gasteiger partial charge is 0.242 e. The Bertz CT molecular complexity index is 570. The normalized spacial score (nSPS) is 17.2. The third-order valence-electron chi connectivity index (χ3n) is 3.71. The molecule has 1 aliphatic rings. The van der Waals surface area contributed by atoms with Gasteiger partial charge in [0, 0.05) is 19.8 Å². The van der Waals surface area contributed by atoms with Crippen LogP contribution >= 0.6 is 11.6 Å². The van der Waals surface area contributed by atoms with Gasteiger partial charge in [0.05, 0.1) is 5.02 Å². The molecule has 1 saturated carbocycles. The SMILES string of the molecule is CCC1(CNS(=O)(=O)c2cnc(NC)c(Cl)c2)CC1. The lowest BCUT2D eigenvalue weighted by molar-refractivity contribution is 0.475. The third-order valence-corrected chi connectivity index (χ3v) is 5.36. The molecule has 2 N–H and O–H groups in total. The Morgan fingerprint density at radius 2 is 2.16 bits per heavy atom. The molecule has 7 heteroatoms. The van der Waals surface area contributed by atoms with E-state index in [2.05, 4.69) is 21.9 Å². The van der Waals surface area contributed by atoms with Gasteiger partial charge in [-0.2, -0.15) is 0 Å². The van der Waals surface area contributed by atoms with Crippen molar-refractivity contribution >= 4 is 27.4 Å². The average Bonchev–Trinajstić information content (AvgIpc) is 3.17. The van der Waals surface area contributed by atoms with Gasteiger partial charge in [-0.15, -0.1) is 0 Å². The van der Waals surface area contributed by atoms with E-state index in [-0.39, 0.29) is 10.3 Å². The number of sulfonamides is 1. The topological polar surface area (TPSA) is 71.1 Å². The van der Waals surface area contributed by atoms with E-state index < -0.39 is 10.0 Å². The Kier molecular flexibility index (Phi) is 4.03. The van der Waals surface area contributed by atoms with Crippen LogP contribution in [0.25, 0.3) is 0 Å². The molecular weight excluding hydrogens is 286 g/mol. The zero-order valence-corrected chi connectivity index (χ0v) is 12.6. The molecule has 1 aromatic heterocycles. The Hall–Kier alpha value is -0.850.